The maximum absolute atomic E-state index is 11.7. The number of benzene rings is 2. The Morgan fingerprint density at radius 3 is 2.19 bits per heavy atom. The van der Waals surface area contributed by atoms with E-state index in [-0.39, 0.29) is 17.2 Å². The molecule has 0 fully saturated rings. The van der Waals surface area contributed by atoms with Gasteiger partial charge in [0.05, 0.1) is 5.69 Å². The quantitative estimate of drug-likeness (QED) is 0.505. The molecular formula is C17H16N2O2. The van der Waals surface area contributed by atoms with Crippen molar-refractivity contribution >= 4 is 17.2 Å². The molecule has 0 saturated heterocycles. The molecule has 2 aromatic rings. The standard InChI is InChI=1S/C17H16N2O2/c1-12-8-10-15(11-9-12)18-19-16(13(2)20)17(21)14-6-4-3-5-7-14/h3-11,21H,1-2H3. The van der Waals surface area contributed by atoms with E-state index in [2.05, 4.69) is 10.2 Å². The van der Waals surface area contributed by atoms with Gasteiger partial charge in [0.15, 0.2) is 17.2 Å². The molecule has 0 amide bonds. The van der Waals surface area contributed by atoms with E-state index < -0.39 is 0 Å². The van der Waals surface area contributed by atoms with Gasteiger partial charge in [-0.15, -0.1) is 5.11 Å². The smallest absolute Gasteiger partial charge is 0.183 e. The van der Waals surface area contributed by atoms with Gasteiger partial charge in [-0.1, -0.05) is 48.0 Å². The van der Waals surface area contributed by atoms with Crippen molar-refractivity contribution in [3.05, 3.63) is 71.4 Å². The average Bonchev–Trinajstić information content (AvgIpc) is 2.49. The van der Waals surface area contributed by atoms with Gasteiger partial charge in [0, 0.05) is 12.5 Å². The van der Waals surface area contributed by atoms with Gasteiger partial charge in [-0.3, -0.25) is 4.79 Å². The SMILES string of the molecule is CC(=O)C(N=Nc1ccc(C)cc1)=C(O)c1ccccc1. The van der Waals surface area contributed by atoms with E-state index in [4.69, 9.17) is 0 Å². The molecule has 0 heterocycles. The van der Waals surface area contributed by atoms with Crippen LogP contribution >= 0.6 is 0 Å². The van der Waals surface area contributed by atoms with Crippen molar-refractivity contribution in [3.8, 4) is 0 Å². The number of ketones is 1. The third kappa shape index (κ3) is 3.86. The maximum Gasteiger partial charge on any atom is 0.183 e. The van der Waals surface area contributed by atoms with Gasteiger partial charge in [0.1, 0.15) is 0 Å². The van der Waals surface area contributed by atoms with Crippen molar-refractivity contribution in [2.45, 2.75) is 13.8 Å². The highest BCUT2D eigenvalue weighted by atomic mass is 16.3. The number of hydrogen-bond acceptors (Lipinski definition) is 4. The number of aryl methyl sites for hydroxylation is 1. The summed E-state index contributed by atoms with van der Waals surface area (Å²) in [6.45, 7) is 3.33. The van der Waals surface area contributed by atoms with Crippen LogP contribution in [0, 0.1) is 6.92 Å². The molecule has 0 atom stereocenters. The third-order valence-electron chi connectivity index (χ3n) is 2.90. The number of Topliss-reactive ketones (excluding diaryl/α,β-unsaturated/α-hetero) is 1. The van der Waals surface area contributed by atoms with Gasteiger partial charge in [-0.05, 0) is 19.1 Å². The van der Waals surface area contributed by atoms with Crippen molar-refractivity contribution in [2.75, 3.05) is 0 Å². The van der Waals surface area contributed by atoms with E-state index in [9.17, 15) is 9.90 Å². The first-order valence-electron chi connectivity index (χ1n) is 6.56. The highest BCUT2D eigenvalue weighted by Crippen LogP contribution is 2.20. The molecule has 4 heteroatoms. The largest absolute Gasteiger partial charge is 0.505 e. The fourth-order valence-corrected chi connectivity index (χ4v) is 1.74. The van der Waals surface area contributed by atoms with Gasteiger partial charge < -0.3 is 5.11 Å². The zero-order valence-corrected chi connectivity index (χ0v) is 11.9. The summed E-state index contributed by atoms with van der Waals surface area (Å²) in [6, 6.07) is 16.2. The van der Waals surface area contributed by atoms with Gasteiger partial charge >= 0.3 is 0 Å². The van der Waals surface area contributed by atoms with Crippen molar-refractivity contribution < 1.29 is 9.90 Å². The molecular weight excluding hydrogens is 264 g/mol. The Hall–Kier alpha value is -2.75. The number of rotatable bonds is 4. The Labute approximate surface area is 123 Å². The number of nitrogens with zero attached hydrogens (tertiary/aromatic N) is 2. The summed E-state index contributed by atoms with van der Waals surface area (Å²) in [7, 11) is 0. The van der Waals surface area contributed by atoms with Crippen LogP contribution in [0.5, 0.6) is 0 Å². The number of aliphatic hydroxyl groups is 1. The first-order valence-corrected chi connectivity index (χ1v) is 6.56. The summed E-state index contributed by atoms with van der Waals surface area (Å²) in [5.41, 5.74) is 2.22. The Morgan fingerprint density at radius 1 is 1.00 bits per heavy atom. The van der Waals surface area contributed by atoms with E-state index in [1.54, 1.807) is 36.4 Å². The zero-order chi connectivity index (χ0) is 15.2. The normalized spacial score (nSPS) is 12.3. The van der Waals surface area contributed by atoms with Crippen molar-refractivity contribution in [1.82, 2.24) is 0 Å². The van der Waals surface area contributed by atoms with Crippen LogP contribution in [0.1, 0.15) is 18.1 Å². The molecule has 21 heavy (non-hydrogen) atoms. The van der Waals surface area contributed by atoms with Gasteiger partial charge in [0.25, 0.3) is 0 Å². The lowest BCUT2D eigenvalue weighted by Gasteiger charge is -2.03. The van der Waals surface area contributed by atoms with Gasteiger partial charge in [-0.2, -0.15) is 5.11 Å². The fourth-order valence-electron chi connectivity index (χ4n) is 1.74. The van der Waals surface area contributed by atoms with Crippen LogP contribution < -0.4 is 0 Å². The third-order valence-corrected chi connectivity index (χ3v) is 2.90. The molecule has 0 unspecified atom stereocenters. The minimum atomic E-state index is -0.341. The molecule has 0 aliphatic carbocycles. The van der Waals surface area contributed by atoms with Crippen LogP contribution in [0.15, 0.2) is 70.5 Å². The Balaban J connectivity index is 2.36. The number of carbonyl (C=O) groups excluding carboxylic acids is 1. The number of carbonyl (C=O) groups is 1. The van der Waals surface area contributed by atoms with Crippen molar-refractivity contribution in [2.24, 2.45) is 10.2 Å². The summed E-state index contributed by atoms with van der Waals surface area (Å²) in [4.78, 5) is 11.7. The molecule has 0 aliphatic rings. The lowest BCUT2D eigenvalue weighted by atomic mass is 10.1. The Bertz CT molecular complexity index is 686. The second-order valence-corrected chi connectivity index (χ2v) is 4.65. The van der Waals surface area contributed by atoms with Crippen LogP contribution in [0.25, 0.3) is 5.76 Å². The van der Waals surface area contributed by atoms with Gasteiger partial charge in [0.2, 0.25) is 0 Å². The highest BCUT2D eigenvalue weighted by Gasteiger charge is 2.12. The van der Waals surface area contributed by atoms with E-state index in [0.29, 0.717) is 11.3 Å². The molecule has 0 aromatic heterocycles. The number of hydrogen-bond donors (Lipinski definition) is 1. The summed E-state index contributed by atoms with van der Waals surface area (Å²) < 4.78 is 0. The van der Waals surface area contributed by atoms with E-state index >= 15 is 0 Å². The number of azo groups is 1. The monoisotopic (exact) mass is 280 g/mol. The molecule has 0 radical (unpaired) electrons. The zero-order valence-electron chi connectivity index (χ0n) is 11.9. The van der Waals surface area contributed by atoms with E-state index in [1.165, 1.54) is 6.92 Å². The molecule has 0 saturated carbocycles. The summed E-state index contributed by atoms with van der Waals surface area (Å²) in [5.74, 6) is -0.508. The van der Waals surface area contributed by atoms with Crippen LogP contribution in [0.2, 0.25) is 0 Å². The second kappa shape index (κ2) is 6.61. The van der Waals surface area contributed by atoms with Crippen molar-refractivity contribution in [3.63, 3.8) is 0 Å². The number of allylic oxidation sites excluding steroid dienone is 1. The lowest BCUT2D eigenvalue weighted by molar-refractivity contribution is -0.113. The molecule has 2 rings (SSSR count). The lowest BCUT2D eigenvalue weighted by Crippen LogP contribution is -1.98. The minimum Gasteiger partial charge on any atom is -0.505 e. The first kappa shape index (κ1) is 14.7. The molecule has 0 aliphatic heterocycles. The topological polar surface area (TPSA) is 62.0 Å². The van der Waals surface area contributed by atoms with E-state index in [0.717, 1.165) is 5.56 Å². The predicted molar refractivity (Wildman–Crippen MR) is 82.4 cm³/mol. The van der Waals surface area contributed by atoms with Crippen LogP contribution in [0.3, 0.4) is 0 Å². The average molecular weight is 280 g/mol. The summed E-state index contributed by atoms with van der Waals surface area (Å²) in [6.07, 6.45) is 0. The van der Waals surface area contributed by atoms with Crippen molar-refractivity contribution in [1.29, 1.82) is 0 Å². The fraction of sp³-hybridized carbons (Fsp3) is 0.118. The predicted octanol–water partition coefficient (Wildman–Crippen LogP) is 4.59. The van der Waals surface area contributed by atoms with Gasteiger partial charge in [-0.25, -0.2) is 0 Å². The number of aliphatic hydroxyl groups excluding tert-OH is 1. The highest BCUT2D eigenvalue weighted by molar-refractivity contribution is 5.99. The maximum atomic E-state index is 11.7. The van der Waals surface area contributed by atoms with Crippen LogP contribution in [0.4, 0.5) is 5.69 Å². The second-order valence-electron chi connectivity index (χ2n) is 4.65. The Kier molecular flexibility index (Phi) is 4.61. The summed E-state index contributed by atoms with van der Waals surface area (Å²) >= 11 is 0. The van der Waals surface area contributed by atoms with Crippen LogP contribution in [-0.4, -0.2) is 10.9 Å². The molecule has 4 nitrogen and oxygen atoms in total. The summed E-state index contributed by atoms with van der Waals surface area (Å²) in [5, 5.41) is 18.1. The molecule has 106 valence electrons. The molecule has 1 N–H and O–H groups in total. The van der Waals surface area contributed by atoms with E-state index in [1.807, 2.05) is 25.1 Å². The van der Waals surface area contributed by atoms with Crippen LogP contribution in [-0.2, 0) is 4.79 Å². The molecule has 2 aromatic carbocycles. The minimum absolute atomic E-state index is 0.0539. The first-order chi connectivity index (χ1) is 10.1. The molecule has 0 spiro atoms. The molecule has 0 bridgehead atoms. The Morgan fingerprint density at radius 2 is 1.62 bits per heavy atom.